The number of pyridine rings is 1. The SMILES string of the molecule is Cc1nnc([C@]23CC[C@H]2CCN3C(=O)c2cncc(Cl)c2)o1. The summed E-state index contributed by atoms with van der Waals surface area (Å²) in [7, 11) is 0. The quantitative estimate of drug-likeness (QED) is 0.851. The van der Waals surface area contributed by atoms with Crippen LogP contribution in [0.15, 0.2) is 22.9 Å². The van der Waals surface area contributed by atoms with Crippen molar-refractivity contribution in [3.8, 4) is 0 Å². The lowest BCUT2D eigenvalue weighted by molar-refractivity contribution is -0.00345. The van der Waals surface area contributed by atoms with E-state index < -0.39 is 5.54 Å². The number of fused-ring (bicyclic) bond motifs is 1. The Hall–Kier alpha value is -1.95. The first-order valence-electron chi connectivity index (χ1n) is 7.34. The minimum absolute atomic E-state index is 0.0759. The van der Waals surface area contributed by atoms with E-state index in [0.29, 0.717) is 34.8 Å². The molecule has 0 unspecified atom stereocenters. The van der Waals surface area contributed by atoms with Crippen molar-refractivity contribution in [1.82, 2.24) is 20.1 Å². The van der Waals surface area contributed by atoms with Crippen molar-refractivity contribution in [3.05, 3.63) is 40.8 Å². The number of carbonyl (C=O) groups excluding carboxylic acids is 1. The predicted octanol–water partition coefficient (Wildman–Crippen LogP) is 2.58. The van der Waals surface area contributed by atoms with Crippen molar-refractivity contribution in [2.75, 3.05) is 6.54 Å². The number of nitrogens with zero attached hydrogens (tertiary/aromatic N) is 4. The number of hydrogen-bond acceptors (Lipinski definition) is 5. The summed E-state index contributed by atoms with van der Waals surface area (Å²) in [6, 6.07) is 1.65. The van der Waals surface area contributed by atoms with E-state index in [2.05, 4.69) is 15.2 Å². The van der Waals surface area contributed by atoms with Gasteiger partial charge in [0.25, 0.3) is 5.91 Å². The maximum absolute atomic E-state index is 12.9. The van der Waals surface area contributed by atoms with Crippen molar-refractivity contribution in [1.29, 1.82) is 0 Å². The molecule has 0 N–H and O–H groups in total. The smallest absolute Gasteiger partial charge is 0.256 e. The molecule has 0 radical (unpaired) electrons. The maximum atomic E-state index is 12.9. The molecule has 1 amide bonds. The minimum Gasteiger partial charge on any atom is -0.423 e. The highest BCUT2D eigenvalue weighted by Gasteiger charge is 2.61. The van der Waals surface area contributed by atoms with Crippen LogP contribution in [0.25, 0.3) is 0 Å². The summed E-state index contributed by atoms with van der Waals surface area (Å²) in [6.07, 6.45) is 5.97. The van der Waals surface area contributed by atoms with Crippen molar-refractivity contribution < 1.29 is 9.21 Å². The van der Waals surface area contributed by atoms with Crippen LogP contribution in [-0.2, 0) is 5.54 Å². The Morgan fingerprint density at radius 1 is 1.41 bits per heavy atom. The zero-order valence-electron chi connectivity index (χ0n) is 12.1. The molecule has 22 heavy (non-hydrogen) atoms. The zero-order valence-corrected chi connectivity index (χ0v) is 12.9. The molecule has 1 aliphatic carbocycles. The van der Waals surface area contributed by atoms with Gasteiger partial charge in [-0.1, -0.05) is 11.6 Å². The first-order chi connectivity index (χ1) is 10.6. The molecule has 2 aromatic heterocycles. The van der Waals surface area contributed by atoms with Crippen molar-refractivity contribution >= 4 is 17.5 Å². The van der Waals surface area contributed by atoms with Crippen molar-refractivity contribution in [2.24, 2.45) is 5.92 Å². The second-order valence-corrected chi connectivity index (χ2v) is 6.36. The Morgan fingerprint density at radius 3 is 2.91 bits per heavy atom. The van der Waals surface area contributed by atoms with Crippen LogP contribution in [0.4, 0.5) is 0 Å². The first kappa shape index (κ1) is 13.7. The first-order valence-corrected chi connectivity index (χ1v) is 7.72. The summed E-state index contributed by atoms with van der Waals surface area (Å²) in [6.45, 7) is 2.46. The molecule has 1 aliphatic heterocycles. The highest BCUT2D eigenvalue weighted by molar-refractivity contribution is 6.30. The van der Waals surface area contributed by atoms with Crippen LogP contribution in [0.3, 0.4) is 0 Å². The number of aromatic nitrogens is 3. The van der Waals surface area contributed by atoms with E-state index in [0.717, 1.165) is 19.3 Å². The fourth-order valence-electron chi connectivity index (χ4n) is 3.68. The van der Waals surface area contributed by atoms with Gasteiger partial charge in [-0.25, -0.2) is 0 Å². The van der Waals surface area contributed by atoms with E-state index in [-0.39, 0.29) is 5.91 Å². The van der Waals surface area contributed by atoms with E-state index >= 15 is 0 Å². The molecule has 2 atom stereocenters. The Bertz CT molecular complexity index is 747. The van der Waals surface area contributed by atoms with E-state index in [1.165, 1.54) is 6.20 Å². The number of likely N-dealkylation sites (tertiary alicyclic amines) is 1. The second kappa shape index (κ2) is 4.78. The minimum atomic E-state index is -0.444. The molecule has 6 nitrogen and oxygen atoms in total. The topological polar surface area (TPSA) is 72.1 Å². The van der Waals surface area contributed by atoms with Gasteiger partial charge in [0.05, 0.1) is 10.6 Å². The van der Waals surface area contributed by atoms with Crippen molar-refractivity contribution in [3.63, 3.8) is 0 Å². The zero-order chi connectivity index (χ0) is 15.3. The third-order valence-corrected chi connectivity index (χ3v) is 5.03. The summed E-state index contributed by atoms with van der Waals surface area (Å²) in [4.78, 5) is 18.8. The Morgan fingerprint density at radius 2 is 2.27 bits per heavy atom. The van der Waals surface area contributed by atoms with Crippen LogP contribution in [0.5, 0.6) is 0 Å². The van der Waals surface area contributed by atoms with Gasteiger partial charge in [-0.15, -0.1) is 10.2 Å². The van der Waals surface area contributed by atoms with Gasteiger partial charge in [0.2, 0.25) is 11.8 Å². The molecule has 114 valence electrons. The fraction of sp³-hybridized carbons (Fsp3) is 0.467. The van der Waals surface area contributed by atoms with Gasteiger partial charge >= 0.3 is 0 Å². The highest BCUT2D eigenvalue weighted by atomic mass is 35.5. The fourth-order valence-corrected chi connectivity index (χ4v) is 3.85. The van der Waals surface area contributed by atoms with Gasteiger partial charge in [0.15, 0.2) is 0 Å². The van der Waals surface area contributed by atoms with Gasteiger partial charge in [-0.05, 0) is 31.2 Å². The molecule has 2 aromatic rings. The molecule has 0 spiro atoms. The lowest BCUT2D eigenvalue weighted by Crippen LogP contribution is -2.54. The summed E-state index contributed by atoms with van der Waals surface area (Å²) in [5.41, 5.74) is 0.0522. The molecular formula is C15H15ClN4O2. The summed E-state index contributed by atoms with van der Waals surface area (Å²) in [5, 5.41) is 8.59. The van der Waals surface area contributed by atoms with Crippen LogP contribution in [0, 0.1) is 12.8 Å². The third kappa shape index (κ3) is 1.80. The monoisotopic (exact) mass is 318 g/mol. The third-order valence-electron chi connectivity index (χ3n) is 4.83. The Labute approximate surface area is 132 Å². The van der Waals surface area contributed by atoms with E-state index in [4.69, 9.17) is 16.0 Å². The number of amides is 1. The summed E-state index contributed by atoms with van der Waals surface area (Å²) < 4.78 is 5.67. The van der Waals surface area contributed by atoms with Gasteiger partial charge < -0.3 is 9.32 Å². The van der Waals surface area contributed by atoms with Crippen LogP contribution < -0.4 is 0 Å². The lowest BCUT2D eigenvalue weighted by Gasteiger charge is -2.47. The molecule has 0 aromatic carbocycles. The molecule has 7 heteroatoms. The van der Waals surface area contributed by atoms with Gasteiger partial charge in [0.1, 0.15) is 5.54 Å². The molecule has 1 saturated carbocycles. The highest BCUT2D eigenvalue weighted by Crippen LogP contribution is 2.56. The molecule has 2 aliphatic rings. The molecule has 4 rings (SSSR count). The predicted molar refractivity (Wildman–Crippen MR) is 78.3 cm³/mol. The summed E-state index contributed by atoms with van der Waals surface area (Å²) in [5.74, 6) is 1.40. The lowest BCUT2D eigenvalue weighted by atomic mass is 9.67. The maximum Gasteiger partial charge on any atom is 0.256 e. The average molecular weight is 319 g/mol. The van der Waals surface area contributed by atoms with Gasteiger partial charge in [-0.3, -0.25) is 9.78 Å². The largest absolute Gasteiger partial charge is 0.423 e. The summed E-state index contributed by atoms with van der Waals surface area (Å²) >= 11 is 5.96. The molecule has 2 fully saturated rings. The van der Waals surface area contributed by atoms with Crippen LogP contribution in [0.2, 0.25) is 5.02 Å². The van der Waals surface area contributed by atoms with Crippen molar-refractivity contribution in [2.45, 2.75) is 31.7 Å². The van der Waals surface area contributed by atoms with Gasteiger partial charge in [0, 0.05) is 25.9 Å². The number of hydrogen-bond donors (Lipinski definition) is 0. The normalized spacial score (nSPS) is 26.6. The molecule has 3 heterocycles. The van der Waals surface area contributed by atoms with E-state index in [1.807, 2.05) is 4.90 Å². The van der Waals surface area contributed by atoms with Gasteiger partial charge in [-0.2, -0.15) is 0 Å². The van der Waals surface area contributed by atoms with Crippen LogP contribution >= 0.6 is 11.6 Å². The van der Waals surface area contributed by atoms with E-state index in [1.54, 1.807) is 19.2 Å². The number of halogens is 1. The van der Waals surface area contributed by atoms with E-state index in [9.17, 15) is 4.79 Å². The molecule has 1 saturated heterocycles. The number of carbonyl (C=O) groups is 1. The number of aryl methyl sites for hydroxylation is 1. The average Bonchev–Trinajstić information content (AvgIpc) is 3.00. The van der Waals surface area contributed by atoms with Crippen LogP contribution in [-0.4, -0.2) is 32.5 Å². The van der Waals surface area contributed by atoms with Crippen LogP contribution in [0.1, 0.15) is 41.4 Å². The second-order valence-electron chi connectivity index (χ2n) is 5.92. The Balaban J connectivity index is 1.73. The Kier molecular flexibility index (Phi) is 2.97. The standard InChI is InChI=1S/C15H15ClN4O2/c1-9-18-19-14(22-9)15-4-2-11(15)3-5-20(15)13(21)10-6-12(16)8-17-7-10/h6-8,11H,2-5H2,1H3/t11-,15-/m0/s1. The molecule has 0 bridgehead atoms. The molecular weight excluding hydrogens is 304 g/mol. The number of rotatable bonds is 2.